The second kappa shape index (κ2) is 9.43. The number of hydrogen-bond donors (Lipinski definition) is 0. The maximum atomic E-state index is 12.4. The minimum absolute atomic E-state index is 0.0194. The molecule has 0 radical (unpaired) electrons. The van der Waals surface area contributed by atoms with Crippen LogP contribution in [0.2, 0.25) is 0 Å². The van der Waals surface area contributed by atoms with Crippen molar-refractivity contribution in [2.45, 2.75) is 46.5 Å². The normalized spacial score (nSPS) is 14.9. The van der Waals surface area contributed by atoms with E-state index in [0.29, 0.717) is 39.3 Å². The van der Waals surface area contributed by atoms with Gasteiger partial charge in [-0.3, -0.25) is 14.4 Å². The number of hydrogen-bond acceptors (Lipinski definition) is 3. The van der Waals surface area contributed by atoms with Gasteiger partial charge in [-0.2, -0.15) is 0 Å². The monoisotopic (exact) mass is 311 g/mol. The molecule has 0 aliphatic carbocycles. The van der Waals surface area contributed by atoms with Crippen LogP contribution >= 0.6 is 0 Å². The van der Waals surface area contributed by atoms with Gasteiger partial charge in [-0.05, 0) is 12.8 Å². The van der Waals surface area contributed by atoms with Gasteiger partial charge in [-0.15, -0.1) is 0 Å². The summed E-state index contributed by atoms with van der Waals surface area (Å²) in [5.74, 6) is -0.792. The van der Waals surface area contributed by atoms with Crippen molar-refractivity contribution < 1.29 is 14.4 Å². The lowest BCUT2D eigenvalue weighted by atomic mass is 10.2. The summed E-state index contributed by atoms with van der Waals surface area (Å²) in [5.41, 5.74) is 0. The van der Waals surface area contributed by atoms with Crippen molar-refractivity contribution >= 4 is 17.7 Å². The fourth-order valence-electron chi connectivity index (χ4n) is 2.51. The van der Waals surface area contributed by atoms with Crippen LogP contribution in [0.1, 0.15) is 46.5 Å². The first-order valence-corrected chi connectivity index (χ1v) is 8.34. The Labute approximate surface area is 133 Å². The molecule has 1 saturated heterocycles. The van der Waals surface area contributed by atoms with E-state index in [1.54, 1.807) is 14.7 Å². The van der Waals surface area contributed by atoms with E-state index in [1.165, 1.54) is 6.92 Å². The lowest BCUT2D eigenvalue weighted by molar-refractivity contribution is -0.153. The summed E-state index contributed by atoms with van der Waals surface area (Å²) in [5, 5.41) is 0. The molecule has 0 aromatic carbocycles. The average molecular weight is 311 g/mol. The fourth-order valence-corrected chi connectivity index (χ4v) is 2.51. The van der Waals surface area contributed by atoms with Crippen LogP contribution in [0.25, 0.3) is 0 Å². The summed E-state index contributed by atoms with van der Waals surface area (Å²) >= 11 is 0. The Bertz CT molecular complexity index is 382. The Balaban J connectivity index is 2.57. The molecule has 0 spiro atoms. The van der Waals surface area contributed by atoms with Crippen LogP contribution in [-0.2, 0) is 14.4 Å². The third-order valence-electron chi connectivity index (χ3n) is 4.05. The molecule has 0 atom stereocenters. The highest BCUT2D eigenvalue weighted by Gasteiger charge is 2.29. The van der Waals surface area contributed by atoms with Crippen molar-refractivity contribution in [2.24, 2.45) is 0 Å². The van der Waals surface area contributed by atoms with Crippen molar-refractivity contribution in [2.75, 3.05) is 39.3 Å². The topological polar surface area (TPSA) is 60.9 Å². The highest BCUT2D eigenvalue weighted by molar-refractivity contribution is 6.34. The summed E-state index contributed by atoms with van der Waals surface area (Å²) in [4.78, 5) is 41.1. The molecule has 22 heavy (non-hydrogen) atoms. The van der Waals surface area contributed by atoms with E-state index in [1.807, 2.05) is 0 Å². The average Bonchev–Trinajstić information content (AvgIpc) is 2.53. The number of rotatable bonds is 6. The van der Waals surface area contributed by atoms with Gasteiger partial charge < -0.3 is 14.7 Å². The Hall–Kier alpha value is -1.59. The summed E-state index contributed by atoms with van der Waals surface area (Å²) < 4.78 is 0. The molecule has 1 heterocycles. The van der Waals surface area contributed by atoms with Crippen LogP contribution in [0.3, 0.4) is 0 Å². The molecule has 3 amide bonds. The van der Waals surface area contributed by atoms with Crippen LogP contribution in [-0.4, -0.2) is 71.7 Å². The van der Waals surface area contributed by atoms with E-state index in [0.717, 1.165) is 25.7 Å². The van der Waals surface area contributed by atoms with Crippen LogP contribution < -0.4 is 0 Å². The summed E-state index contributed by atoms with van der Waals surface area (Å²) in [6.45, 7) is 8.88. The molecule has 0 unspecified atom stereocenters. The number of piperazine rings is 1. The van der Waals surface area contributed by atoms with E-state index in [-0.39, 0.29) is 5.91 Å². The highest BCUT2D eigenvalue weighted by atomic mass is 16.2. The first-order valence-electron chi connectivity index (χ1n) is 8.34. The third-order valence-corrected chi connectivity index (χ3v) is 4.05. The zero-order valence-electron chi connectivity index (χ0n) is 14.1. The lowest BCUT2D eigenvalue weighted by Gasteiger charge is -2.34. The SMILES string of the molecule is CCCCN(CCCC)C(=O)C(=O)N1CCN(C(C)=O)CC1. The van der Waals surface area contributed by atoms with Gasteiger partial charge in [0.05, 0.1) is 0 Å². The summed E-state index contributed by atoms with van der Waals surface area (Å²) in [6.07, 6.45) is 3.84. The van der Waals surface area contributed by atoms with E-state index >= 15 is 0 Å². The molecule has 1 rings (SSSR count). The lowest BCUT2D eigenvalue weighted by Crippen LogP contribution is -2.54. The molecule has 0 aromatic rings. The Kier molecular flexibility index (Phi) is 7.91. The van der Waals surface area contributed by atoms with E-state index < -0.39 is 11.8 Å². The van der Waals surface area contributed by atoms with Gasteiger partial charge in [0.25, 0.3) is 0 Å². The molecular weight excluding hydrogens is 282 g/mol. The van der Waals surface area contributed by atoms with Gasteiger partial charge in [-0.1, -0.05) is 26.7 Å². The molecule has 1 aliphatic rings. The molecule has 126 valence electrons. The second-order valence-electron chi connectivity index (χ2n) is 5.80. The molecule has 0 N–H and O–H groups in total. The fraction of sp³-hybridized carbons (Fsp3) is 0.812. The number of carbonyl (C=O) groups is 3. The first kappa shape index (κ1) is 18.5. The Morgan fingerprint density at radius 3 is 1.73 bits per heavy atom. The predicted molar refractivity (Wildman–Crippen MR) is 85.2 cm³/mol. The summed E-state index contributed by atoms with van der Waals surface area (Å²) in [7, 11) is 0. The molecule has 0 saturated carbocycles. The molecule has 1 fully saturated rings. The van der Waals surface area contributed by atoms with Crippen LogP contribution in [0.5, 0.6) is 0 Å². The number of amides is 3. The van der Waals surface area contributed by atoms with Gasteiger partial charge in [0.15, 0.2) is 0 Å². The van der Waals surface area contributed by atoms with E-state index in [9.17, 15) is 14.4 Å². The molecule has 6 heteroatoms. The minimum Gasteiger partial charge on any atom is -0.339 e. The zero-order chi connectivity index (χ0) is 16.5. The van der Waals surface area contributed by atoms with E-state index in [4.69, 9.17) is 0 Å². The van der Waals surface area contributed by atoms with Gasteiger partial charge in [-0.25, -0.2) is 0 Å². The summed E-state index contributed by atoms with van der Waals surface area (Å²) in [6, 6.07) is 0. The number of unbranched alkanes of at least 4 members (excludes halogenated alkanes) is 2. The second-order valence-corrected chi connectivity index (χ2v) is 5.80. The van der Waals surface area contributed by atoms with Gasteiger partial charge >= 0.3 is 11.8 Å². The quantitative estimate of drug-likeness (QED) is 0.690. The van der Waals surface area contributed by atoms with Gasteiger partial charge in [0.1, 0.15) is 0 Å². The first-order chi connectivity index (χ1) is 10.5. The Morgan fingerprint density at radius 2 is 1.32 bits per heavy atom. The van der Waals surface area contributed by atoms with Crippen molar-refractivity contribution in [1.29, 1.82) is 0 Å². The van der Waals surface area contributed by atoms with Gasteiger partial charge in [0, 0.05) is 46.2 Å². The highest BCUT2D eigenvalue weighted by Crippen LogP contribution is 2.06. The molecule has 0 bridgehead atoms. The maximum absolute atomic E-state index is 12.4. The Morgan fingerprint density at radius 1 is 0.864 bits per heavy atom. The van der Waals surface area contributed by atoms with Crippen molar-refractivity contribution in [3.05, 3.63) is 0 Å². The maximum Gasteiger partial charge on any atom is 0.312 e. The van der Waals surface area contributed by atoms with Crippen LogP contribution in [0.4, 0.5) is 0 Å². The largest absolute Gasteiger partial charge is 0.339 e. The molecule has 1 aliphatic heterocycles. The van der Waals surface area contributed by atoms with Crippen molar-refractivity contribution in [3.8, 4) is 0 Å². The third kappa shape index (κ3) is 5.31. The smallest absolute Gasteiger partial charge is 0.312 e. The molecule has 6 nitrogen and oxygen atoms in total. The predicted octanol–water partition coefficient (Wildman–Crippen LogP) is 1.11. The molecular formula is C16H29N3O3. The standard InChI is InChI=1S/C16H29N3O3/c1-4-6-8-18(9-7-5-2)15(21)16(22)19-12-10-17(11-13-19)14(3)20/h4-13H2,1-3H3. The van der Waals surface area contributed by atoms with Crippen LogP contribution in [0, 0.1) is 0 Å². The van der Waals surface area contributed by atoms with Gasteiger partial charge in [0.2, 0.25) is 5.91 Å². The molecule has 0 aromatic heterocycles. The number of nitrogens with zero attached hydrogens (tertiary/aromatic N) is 3. The zero-order valence-corrected chi connectivity index (χ0v) is 14.1. The number of carbonyl (C=O) groups excluding carboxylic acids is 3. The van der Waals surface area contributed by atoms with E-state index in [2.05, 4.69) is 13.8 Å². The minimum atomic E-state index is -0.421. The van der Waals surface area contributed by atoms with Crippen molar-refractivity contribution in [3.63, 3.8) is 0 Å². The van der Waals surface area contributed by atoms with Crippen LogP contribution in [0.15, 0.2) is 0 Å². The van der Waals surface area contributed by atoms with Crippen molar-refractivity contribution in [1.82, 2.24) is 14.7 Å².